The average Bonchev–Trinajstić information content (AvgIpc) is 2.85. The number of hydrogen-bond donors (Lipinski definition) is 0. The molecule has 0 saturated heterocycles. The lowest BCUT2D eigenvalue weighted by atomic mass is 10.2. The molecule has 2 rings (SSSR count). The molecule has 0 saturated carbocycles. The molecule has 0 aliphatic rings. The van der Waals surface area contributed by atoms with Crippen LogP contribution in [0.4, 0.5) is 18.3 Å². The monoisotopic (exact) mass is 379 g/mol. The van der Waals surface area contributed by atoms with E-state index >= 15 is 0 Å². The highest BCUT2D eigenvalue weighted by Crippen LogP contribution is 2.35. The van der Waals surface area contributed by atoms with Gasteiger partial charge in [-0.25, -0.2) is 14.8 Å². The number of hydrogen-bond acceptors (Lipinski definition) is 6. The molecule has 0 aliphatic heterocycles. The molecule has 0 unspecified atom stereocenters. The van der Waals surface area contributed by atoms with Crippen LogP contribution in [0.3, 0.4) is 0 Å². The number of alkyl halides is 3. The molecule has 2 aromatic heterocycles. The zero-order valence-electron chi connectivity index (χ0n) is 12.2. The van der Waals surface area contributed by atoms with Gasteiger partial charge in [-0.1, -0.05) is 22.9 Å². The molecule has 0 spiro atoms. The highest BCUT2D eigenvalue weighted by molar-refractivity contribution is 7.19. The summed E-state index contributed by atoms with van der Waals surface area (Å²) in [7, 11) is 0. The van der Waals surface area contributed by atoms with Crippen molar-refractivity contribution in [2.45, 2.75) is 20.0 Å². The van der Waals surface area contributed by atoms with Crippen molar-refractivity contribution in [3.63, 3.8) is 0 Å². The molecule has 24 heavy (non-hydrogen) atoms. The Labute approximate surface area is 142 Å². The van der Waals surface area contributed by atoms with Crippen molar-refractivity contribution in [2.24, 2.45) is 0 Å². The van der Waals surface area contributed by atoms with Gasteiger partial charge in [0.25, 0.3) is 5.91 Å². The van der Waals surface area contributed by atoms with Gasteiger partial charge in [0.1, 0.15) is 5.15 Å². The molecule has 2 heterocycles. The maximum Gasteiger partial charge on any atom is 0.493 e. The van der Waals surface area contributed by atoms with Gasteiger partial charge in [0.15, 0.2) is 0 Å². The average molecular weight is 380 g/mol. The van der Waals surface area contributed by atoms with Gasteiger partial charge in [0.05, 0.1) is 10.6 Å². The summed E-state index contributed by atoms with van der Waals surface area (Å²) in [5, 5.41) is 0.272. The van der Waals surface area contributed by atoms with Gasteiger partial charge in [-0.05, 0) is 19.1 Å². The third-order valence-electron chi connectivity index (χ3n) is 2.64. The van der Waals surface area contributed by atoms with Crippen LogP contribution in [0.15, 0.2) is 18.3 Å². The molecule has 0 bridgehead atoms. The fraction of sp³-hybridized carbons (Fsp3) is 0.231. The van der Waals surface area contributed by atoms with Crippen molar-refractivity contribution in [1.29, 1.82) is 0 Å². The lowest BCUT2D eigenvalue weighted by Gasteiger charge is -2.16. The number of nitrogens with zero attached hydrogens (tertiary/aromatic N) is 3. The van der Waals surface area contributed by atoms with E-state index in [0.29, 0.717) is 16.1 Å². The summed E-state index contributed by atoms with van der Waals surface area (Å²) in [6.07, 6.45) is -3.78. The van der Waals surface area contributed by atoms with Gasteiger partial charge in [-0.15, -0.1) is 5.06 Å². The Hall–Kier alpha value is -2.20. The number of carbonyl (C=O) groups is 2. The summed E-state index contributed by atoms with van der Waals surface area (Å²) in [5.74, 6) is -3.44. The SMILES string of the molecule is CC(=O)N(OC(=O)C(F)(F)F)c1nc(C)c(-c2ccc(Cl)nc2)s1. The first-order valence-electron chi connectivity index (χ1n) is 6.28. The number of thiazole rings is 1. The Morgan fingerprint density at radius 3 is 2.50 bits per heavy atom. The second-order valence-electron chi connectivity index (χ2n) is 4.47. The van der Waals surface area contributed by atoms with Gasteiger partial charge in [-0.3, -0.25) is 4.79 Å². The first-order valence-corrected chi connectivity index (χ1v) is 7.48. The molecule has 6 nitrogen and oxygen atoms in total. The van der Waals surface area contributed by atoms with E-state index in [9.17, 15) is 22.8 Å². The summed E-state index contributed by atoms with van der Waals surface area (Å²) in [4.78, 5) is 35.0. The zero-order valence-corrected chi connectivity index (χ0v) is 13.8. The van der Waals surface area contributed by atoms with Crippen LogP contribution in [0.5, 0.6) is 0 Å². The van der Waals surface area contributed by atoms with Crippen LogP contribution >= 0.6 is 22.9 Å². The Morgan fingerprint density at radius 1 is 1.33 bits per heavy atom. The Kier molecular flexibility index (Phi) is 5.09. The standard InChI is InChI=1S/C13H9ClF3N3O3S/c1-6-10(8-3-4-9(14)18-5-8)24-12(19-6)20(7(2)21)23-11(22)13(15,16)17/h3-5H,1-2H3. The highest BCUT2D eigenvalue weighted by atomic mass is 35.5. The second-order valence-corrected chi connectivity index (χ2v) is 5.84. The largest absolute Gasteiger partial charge is 0.493 e. The number of halogens is 4. The quantitative estimate of drug-likeness (QED) is 0.589. The molecule has 0 aromatic carbocycles. The van der Waals surface area contributed by atoms with Crippen LogP contribution in [0, 0.1) is 6.92 Å². The van der Waals surface area contributed by atoms with Crippen LogP contribution in [0.25, 0.3) is 10.4 Å². The number of carbonyl (C=O) groups excluding carboxylic acids is 2. The lowest BCUT2D eigenvalue weighted by molar-refractivity contribution is -0.201. The number of aryl methyl sites for hydroxylation is 1. The van der Waals surface area contributed by atoms with E-state index in [2.05, 4.69) is 14.8 Å². The van der Waals surface area contributed by atoms with Crippen LogP contribution < -0.4 is 5.06 Å². The Bertz CT molecular complexity index is 777. The highest BCUT2D eigenvalue weighted by Gasteiger charge is 2.43. The van der Waals surface area contributed by atoms with Crippen LogP contribution in [-0.2, 0) is 14.4 Å². The Balaban J connectivity index is 2.36. The van der Waals surface area contributed by atoms with E-state index in [4.69, 9.17) is 11.6 Å². The summed E-state index contributed by atoms with van der Waals surface area (Å²) in [6.45, 7) is 2.54. The first-order chi connectivity index (χ1) is 11.1. The third-order valence-corrected chi connectivity index (χ3v) is 4.04. The Morgan fingerprint density at radius 2 is 2.00 bits per heavy atom. The van der Waals surface area contributed by atoms with E-state index in [1.165, 1.54) is 12.3 Å². The van der Waals surface area contributed by atoms with Crippen LogP contribution in [0.1, 0.15) is 12.6 Å². The third kappa shape index (κ3) is 4.01. The molecule has 128 valence electrons. The summed E-state index contributed by atoms with van der Waals surface area (Å²) >= 11 is 6.57. The smallest absolute Gasteiger partial charge is 0.322 e. The number of rotatable bonds is 2. The minimum absolute atomic E-state index is 0.206. The maximum atomic E-state index is 12.3. The van der Waals surface area contributed by atoms with Crippen molar-refractivity contribution in [3.05, 3.63) is 29.2 Å². The van der Waals surface area contributed by atoms with E-state index < -0.39 is 18.1 Å². The van der Waals surface area contributed by atoms with E-state index in [1.807, 2.05) is 0 Å². The molecular weight excluding hydrogens is 371 g/mol. The fourth-order valence-electron chi connectivity index (χ4n) is 1.62. The second kappa shape index (κ2) is 6.73. The number of hydroxylamine groups is 1. The topological polar surface area (TPSA) is 72.4 Å². The molecule has 0 radical (unpaired) electrons. The van der Waals surface area contributed by atoms with Gasteiger partial charge in [0.2, 0.25) is 5.13 Å². The van der Waals surface area contributed by atoms with Crippen molar-refractivity contribution < 1.29 is 27.6 Å². The lowest BCUT2D eigenvalue weighted by Crippen LogP contribution is -2.37. The number of aromatic nitrogens is 2. The molecule has 2 aromatic rings. The van der Waals surface area contributed by atoms with Crippen molar-refractivity contribution >= 4 is 39.9 Å². The van der Waals surface area contributed by atoms with E-state index in [-0.39, 0.29) is 15.3 Å². The normalized spacial score (nSPS) is 11.2. The molecule has 0 atom stereocenters. The predicted molar refractivity (Wildman–Crippen MR) is 80.4 cm³/mol. The van der Waals surface area contributed by atoms with Gasteiger partial charge in [-0.2, -0.15) is 13.2 Å². The predicted octanol–water partition coefficient (Wildman–Crippen LogP) is 3.54. The van der Waals surface area contributed by atoms with Crippen molar-refractivity contribution in [1.82, 2.24) is 9.97 Å². The summed E-state index contributed by atoms with van der Waals surface area (Å²) < 4.78 is 37.0. The molecule has 0 aliphatic carbocycles. The molecule has 11 heteroatoms. The van der Waals surface area contributed by atoms with Crippen LogP contribution in [0.2, 0.25) is 5.15 Å². The maximum absolute atomic E-state index is 12.3. The zero-order chi connectivity index (χ0) is 18.1. The van der Waals surface area contributed by atoms with Crippen molar-refractivity contribution in [2.75, 3.05) is 5.06 Å². The fourth-order valence-corrected chi connectivity index (χ4v) is 2.78. The van der Waals surface area contributed by atoms with Gasteiger partial charge >= 0.3 is 12.1 Å². The van der Waals surface area contributed by atoms with Crippen molar-refractivity contribution in [3.8, 4) is 10.4 Å². The van der Waals surface area contributed by atoms with Crippen LogP contribution in [-0.4, -0.2) is 28.0 Å². The number of pyridine rings is 1. The molecule has 0 N–H and O–H groups in total. The summed E-state index contributed by atoms with van der Waals surface area (Å²) in [5.41, 5.74) is 1.03. The number of anilines is 1. The van der Waals surface area contributed by atoms with E-state index in [1.54, 1.807) is 13.0 Å². The van der Waals surface area contributed by atoms with Gasteiger partial charge < -0.3 is 4.84 Å². The first kappa shape index (κ1) is 18.1. The van der Waals surface area contributed by atoms with E-state index in [0.717, 1.165) is 18.3 Å². The minimum Gasteiger partial charge on any atom is -0.322 e. The molecular formula is C13H9ClF3N3O3S. The summed E-state index contributed by atoms with van der Waals surface area (Å²) in [6, 6.07) is 3.17. The minimum atomic E-state index is -5.23. The number of amides is 1. The molecule has 0 fully saturated rings. The molecule has 1 amide bonds. The van der Waals surface area contributed by atoms with Gasteiger partial charge in [0, 0.05) is 18.7 Å².